The molecule has 0 bridgehead atoms. The Morgan fingerprint density at radius 1 is 0.964 bits per heavy atom. The van der Waals surface area contributed by atoms with Crippen molar-refractivity contribution in [2.75, 3.05) is 16.8 Å². The Hall–Kier alpha value is -3.42. The van der Waals surface area contributed by atoms with Crippen LogP contribution in [0, 0.1) is 17.5 Å². The van der Waals surface area contributed by atoms with Gasteiger partial charge in [0.2, 0.25) is 0 Å². The Labute approximate surface area is 158 Å². The van der Waals surface area contributed by atoms with E-state index >= 15 is 0 Å². The molecule has 2 aromatic carbocycles. The summed E-state index contributed by atoms with van der Waals surface area (Å²) in [5.41, 5.74) is 1.72. The summed E-state index contributed by atoms with van der Waals surface area (Å²) in [7, 11) is 0. The Balaban J connectivity index is 1.54. The second-order valence-corrected chi connectivity index (χ2v) is 6.34. The molecule has 0 unspecified atom stereocenters. The number of nitrogens with one attached hydrogen (secondary N) is 1. The highest BCUT2D eigenvalue weighted by Gasteiger charge is 2.20. The van der Waals surface area contributed by atoms with Gasteiger partial charge in [-0.3, -0.25) is 4.79 Å². The number of hydrogen-bond acceptors (Lipinski definition) is 4. The number of aryl methyl sites for hydroxylation is 1. The van der Waals surface area contributed by atoms with Crippen LogP contribution in [0.5, 0.6) is 0 Å². The molecule has 0 atom stereocenters. The molecule has 1 amide bonds. The van der Waals surface area contributed by atoms with E-state index in [4.69, 9.17) is 0 Å². The van der Waals surface area contributed by atoms with Gasteiger partial charge in [-0.05, 0) is 48.7 Å². The molecule has 2 heterocycles. The predicted octanol–water partition coefficient (Wildman–Crippen LogP) is 4.23. The van der Waals surface area contributed by atoms with Crippen molar-refractivity contribution in [2.45, 2.75) is 12.8 Å². The quantitative estimate of drug-likeness (QED) is 0.687. The molecule has 1 aliphatic heterocycles. The minimum Gasteiger partial charge on any atom is -0.325 e. The number of carbonyl (C=O) groups is 1. The number of nitrogens with zero attached hydrogens (tertiary/aromatic N) is 3. The van der Waals surface area contributed by atoms with E-state index in [1.165, 1.54) is 11.6 Å². The molecule has 28 heavy (non-hydrogen) atoms. The van der Waals surface area contributed by atoms with Gasteiger partial charge in [0.05, 0.1) is 5.69 Å². The Bertz CT molecular complexity index is 1040. The maximum atomic E-state index is 13.7. The van der Waals surface area contributed by atoms with E-state index in [2.05, 4.69) is 21.6 Å². The molecule has 0 aliphatic carbocycles. The highest BCUT2D eigenvalue weighted by Crippen LogP contribution is 2.31. The summed E-state index contributed by atoms with van der Waals surface area (Å²) in [5, 5.41) is 10.2. The van der Waals surface area contributed by atoms with Crippen LogP contribution < -0.4 is 10.2 Å². The monoisotopic (exact) mass is 384 g/mol. The third-order valence-electron chi connectivity index (χ3n) is 4.55. The van der Waals surface area contributed by atoms with Gasteiger partial charge in [0, 0.05) is 12.2 Å². The number of benzene rings is 2. The lowest BCUT2D eigenvalue weighted by molar-refractivity contribution is 0.102. The lowest BCUT2D eigenvalue weighted by Crippen LogP contribution is -2.26. The van der Waals surface area contributed by atoms with Crippen LogP contribution in [-0.2, 0) is 6.42 Å². The maximum absolute atomic E-state index is 13.7. The van der Waals surface area contributed by atoms with E-state index in [9.17, 15) is 18.0 Å². The molecule has 142 valence electrons. The van der Waals surface area contributed by atoms with Gasteiger partial charge in [-0.2, -0.15) is 0 Å². The van der Waals surface area contributed by atoms with Crippen molar-refractivity contribution in [3.63, 3.8) is 0 Å². The van der Waals surface area contributed by atoms with Gasteiger partial charge in [0.25, 0.3) is 5.91 Å². The molecule has 0 spiro atoms. The van der Waals surface area contributed by atoms with Crippen molar-refractivity contribution in [1.29, 1.82) is 0 Å². The van der Waals surface area contributed by atoms with Crippen LogP contribution in [0.1, 0.15) is 22.5 Å². The molecule has 0 fully saturated rings. The Morgan fingerprint density at radius 3 is 2.57 bits per heavy atom. The maximum Gasteiger partial charge on any atom is 0.276 e. The number of hydrogen-bond donors (Lipinski definition) is 1. The van der Waals surface area contributed by atoms with Crippen molar-refractivity contribution < 1.29 is 18.0 Å². The number of fused-ring (bicyclic) bond motifs is 1. The van der Waals surface area contributed by atoms with E-state index in [0.717, 1.165) is 37.2 Å². The number of halogens is 3. The Morgan fingerprint density at radius 2 is 1.79 bits per heavy atom. The molecular formula is C20H15F3N4O. The highest BCUT2D eigenvalue weighted by atomic mass is 19.2. The smallest absolute Gasteiger partial charge is 0.276 e. The molecule has 1 aromatic heterocycles. The van der Waals surface area contributed by atoms with Gasteiger partial charge in [0.1, 0.15) is 0 Å². The predicted molar refractivity (Wildman–Crippen MR) is 98.1 cm³/mol. The molecular weight excluding hydrogens is 369 g/mol. The molecule has 0 saturated carbocycles. The van der Waals surface area contributed by atoms with Crippen LogP contribution in [0.4, 0.5) is 30.4 Å². The van der Waals surface area contributed by atoms with Crippen LogP contribution in [0.15, 0.2) is 48.5 Å². The molecule has 5 nitrogen and oxygen atoms in total. The number of carbonyl (C=O) groups excluding carboxylic acids is 1. The summed E-state index contributed by atoms with van der Waals surface area (Å²) in [6, 6.07) is 12.8. The minimum atomic E-state index is -1.65. The van der Waals surface area contributed by atoms with Gasteiger partial charge in [0.15, 0.2) is 29.0 Å². The summed E-state index contributed by atoms with van der Waals surface area (Å²) < 4.78 is 40.0. The van der Waals surface area contributed by atoms with Gasteiger partial charge >= 0.3 is 0 Å². The third-order valence-corrected chi connectivity index (χ3v) is 4.55. The zero-order valence-corrected chi connectivity index (χ0v) is 14.6. The second-order valence-electron chi connectivity index (χ2n) is 6.34. The number of para-hydroxylation sites is 1. The van der Waals surface area contributed by atoms with Crippen LogP contribution in [0.25, 0.3) is 0 Å². The van der Waals surface area contributed by atoms with Crippen LogP contribution >= 0.6 is 0 Å². The van der Waals surface area contributed by atoms with Crippen molar-refractivity contribution in [2.24, 2.45) is 0 Å². The highest BCUT2D eigenvalue weighted by molar-refractivity contribution is 6.02. The standard InChI is InChI=1S/C20H15F3N4O/c21-13-7-8-14(19(23)18(13)22)24-20(28)15-9-10-17(26-25-15)27-11-3-5-12-4-1-2-6-16(12)27/h1-2,4,6-10H,3,5,11H2,(H,24,28). The van der Waals surface area contributed by atoms with Gasteiger partial charge in [-0.25, -0.2) is 13.2 Å². The number of anilines is 3. The summed E-state index contributed by atoms with van der Waals surface area (Å²) in [5.74, 6) is -4.64. The molecule has 3 aromatic rings. The molecule has 0 saturated heterocycles. The van der Waals surface area contributed by atoms with Gasteiger partial charge in [-0.15, -0.1) is 10.2 Å². The second kappa shape index (κ2) is 7.30. The van der Waals surface area contributed by atoms with Crippen molar-refractivity contribution in [3.8, 4) is 0 Å². The summed E-state index contributed by atoms with van der Waals surface area (Å²) in [6.45, 7) is 0.775. The van der Waals surface area contributed by atoms with Crippen LogP contribution in [0.3, 0.4) is 0 Å². The average molecular weight is 384 g/mol. The van der Waals surface area contributed by atoms with E-state index in [1.807, 2.05) is 23.1 Å². The number of aromatic nitrogens is 2. The zero-order chi connectivity index (χ0) is 19.7. The lowest BCUT2D eigenvalue weighted by Gasteiger charge is -2.29. The van der Waals surface area contributed by atoms with Crippen LogP contribution in [-0.4, -0.2) is 22.6 Å². The van der Waals surface area contributed by atoms with E-state index in [0.29, 0.717) is 5.82 Å². The molecule has 8 heteroatoms. The summed E-state index contributed by atoms with van der Waals surface area (Å²) in [4.78, 5) is 14.3. The van der Waals surface area contributed by atoms with E-state index in [-0.39, 0.29) is 5.69 Å². The normalized spacial score (nSPS) is 13.2. The SMILES string of the molecule is O=C(Nc1ccc(F)c(F)c1F)c1ccc(N2CCCc3ccccc32)nn1. The summed E-state index contributed by atoms with van der Waals surface area (Å²) >= 11 is 0. The molecule has 4 rings (SSSR count). The van der Waals surface area contributed by atoms with Crippen molar-refractivity contribution in [3.05, 3.63) is 77.2 Å². The fraction of sp³-hybridized carbons (Fsp3) is 0.150. The average Bonchev–Trinajstić information content (AvgIpc) is 2.74. The van der Waals surface area contributed by atoms with Gasteiger partial charge in [-0.1, -0.05) is 18.2 Å². The molecule has 1 N–H and O–H groups in total. The zero-order valence-electron chi connectivity index (χ0n) is 14.6. The first kappa shape index (κ1) is 18.0. The fourth-order valence-corrected chi connectivity index (χ4v) is 3.17. The summed E-state index contributed by atoms with van der Waals surface area (Å²) in [6.07, 6.45) is 1.96. The largest absolute Gasteiger partial charge is 0.325 e. The van der Waals surface area contributed by atoms with Crippen molar-refractivity contribution >= 4 is 23.1 Å². The number of amides is 1. The minimum absolute atomic E-state index is 0.0711. The van der Waals surface area contributed by atoms with E-state index in [1.54, 1.807) is 6.07 Å². The fourth-order valence-electron chi connectivity index (χ4n) is 3.17. The van der Waals surface area contributed by atoms with E-state index < -0.39 is 29.0 Å². The van der Waals surface area contributed by atoms with Crippen LogP contribution in [0.2, 0.25) is 0 Å². The topological polar surface area (TPSA) is 58.1 Å². The first-order valence-electron chi connectivity index (χ1n) is 8.68. The number of rotatable bonds is 3. The first-order chi connectivity index (χ1) is 13.5. The lowest BCUT2D eigenvalue weighted by atomic mass is 10.0. The Kier molecular flexibility index (Phi) is 4.68. The van der Waals surface area contributed by atoms with Crippen molar-refractivity contribution in [1.82, 2.24) is 10.2 Å². The van der Waals surface area contributed by atoms with Gasteiger partial charge < -0.3 is 10.2 Å². The molecule has 0 radical (unpaired) electrons. The third kappa shape index (κ3) is 3.28. The first-order valence-corrected chi connectivity index (χ1v) is 8.68. The molecule has 1 aliphatic rings.